The van der Waals surface area contributed by atoms with E-state index in [0.717, 1.165) is 13.1 Å². The first-order valence-corrected chi connectivity index (χ1v) is 6.50. The lowest BCUT2D eigenvalue weighted by Crippen LogP contribution is -2.49. The van der Waals surface area contributed by atoms with E-state index >= 15 is 0 Å². The highest BCUT2D eigenvalue weighted by Gasteiger charge is 2.35. The van der Waals surface area contributed by atoms with E-state index in [2.05, 4.69) is 41.4 Å². The van der Waals surface area contributed by atoms with Crippen LogP contribution in [0.15, 0.2) is 24.5 Å². The Labute approximate surface area is 104 Å². The largest absolute Gasteiger partial charge is 0.311 e. The van der Waals surface area contributed by atoms with Gasteiger partial charge in [0.25, 0.3) is 0 Å². The highest BCUT2D eigenvalue weighted by molar-refractivity contribution is 5.09. The first kappa shape index (κ1) is 12.5. The molecule has 0 radical (unpaired) electrons. The SMILES string of the molecule is CN(C)C1(CNCc2ccncc2)CCCC1. The van der Waals surface area contributed by atoms with Crippen molar-refractivity contribution in [2.45, 2.75) is 37.8 Å². The molecule has 3 nitrogen and oxygen atoms in total. The van der Waals surface area contributed by atoms with E-state index in [0.29, 0.717) is 5.54 Å². The van der Waals surface area contributed by atoms with Crippen molar-refractivity contribution in [1.29, 1.82) is 0 Å². The maximum absolute atomic E-state index is 4.04. The van der Waals surface area contributed by atoms with Crippen LogP contribution in [0.5, 0.6) is 0 Å². The fourth-order valence-corrected chi connectivity index (χ4v) is 2.76. The normalized spacial score (nSPS) is 18.8. The molecule has 94 valence electrons. The van der Waals surface area contributed by atoms with Crippen LogP contribution >= 0.6 is 0 Å². The van der Waals surface area contributed by atoms with Gasteiger partial charge in [-0.05, 0) is 44.6 Å². The molecule has 0 bridgehead atoms. The maximum Gasteiger partial charge on any atom is 0.0328 e. The summed E-state index contributed by atoms with van der Waals surface area (Å²) in [5.74, 6) is 0. The standard InChI is InChI=1S/C14H23N3/c1-17(2)14(7-3-4-8-14)12-16-11-13-5-9-15-10-6-13/h5-6,9-10,16H,3-4,7-8,11-12H2,1-2H3. The summed E-state index contributed by atoms with van der Waals surface area (Å²) in [4.78, 5) is 6.44. The summed E-state index contributed by atoms with van der Waals surface area (Å²) >= 11 is 0. The molecule has 1 heterocycles. The average Bonchev–Trinajstić information content (AvgIpc) is 2.80. The summed E-state index contributed by atoms with van der Waals surface area (Å²) in [6.07, 6.45) is 9.10. The average molecular weight is 233 g/mol. The molecule has 0 atom stereocenters. The molecule has 2 rings (SSSR count). The van der Waals surface area contributed by atoms with Gasteiger partial charge in [0, 0.05) is 31.0 Å². The molecular formula is C14H23N3. The van der Waals surface area contributed by atoms with E-state index in [1.54, 1.807) is 0 Å². The molecule has 1 fully saturated rings. The Bertz CT molecular complexity index is 329. The van der Waals surface area contributed by atoms with Crippen LogP contribution in [0, 0.1) is 0 Å². The van der Waals surface area contributed by atoms with Crippen LogP contribution in [0.2, 0.25) is 0 Å². The highest BCUT2D eigenvalue weighted by atomic mass is 15.2. The van der Waals surface area contributed by atoms with Gasteiger partial charge >= 0.3 is 0 Å². The number of hydrogen-bond donors (Lipinski definition) is 1. The van der Waals surface area contributed by atoms with E-state index < -0.39 is 0 Å². The van der Waals surface area contributed by atoms with Crippen molar-refractivity contribution in [2.24, 2.45) is 0 Å². The highest BCUT2D eigenvalue weighted by Crippen LogP contribution is 2.33. The van der Waals surface area contributed by atoms with Gasteiger partial charge < -0.3 is 10.2 Å². The topological polar surface area (TPSA) is 28.2 Å². The molecule has 1 saturated carbocycles. The molecule has 1 aliphatic carbocycles. The van der Waals surface area contributed by atoms with Crippen molar-refractivity contribution in [1.82, 2.24) is 15.2 Å². The van der Waals surface area contributed by atoms with Crippen LogP contribution in [0.1, 0.15) is 31.2 Å². The smallest absolute Gasteiger partial charge is 0.0328 e. The lowest BCUT2D eigenvalue weighted by molar-refractivity contribution is 0.153. The summed E-state index contributed by atoms with van der Waals surface area (Å²) in [7, 11) is 4.42. The second-order valence-corrected chi connectivity index (χ2v) is 5.28. The Morgan fingerprint density at radius 1 is 1.24 bits per heavy atom. The van der Waals surface area contributed by atoms with Crippen molar-refractivity contribution in [3.63, 3.8) is 0 Å². The lowest BCUT2D eigenvalue weighted by Gasteiger charge is -2.36. The minimum Gasteiger partial charge on any atom is -0.311 e. The number of likely N-dealkylation sites (N-methyl/N-ethyl adjacent to an activating group) is 1. The van der Waals surface area contributed by atoms with Gasteiger partial charge in [0.2, 0.25) is 0 Å². The number of pyridine rings is 1. The van der Waals surface area contributed by atoms with Gasteiger partial charge in [-0.1, -0.05) is 12.8 Å². The predicted octanol–water partition coefficient (Wildman–Crippen LogP) is 2.05. The third kappa shape index (κ3) is 3.05. The zero-order chi connectivity index (χ0) is 12.1. The van der Waals surface area contributed by atoms with Crippen LogP contribution in [-0.2, 0) is 6.54 Å². The van der Waals surface area contributed by atoms with Gasteiger partial charge in [-0.2, -0.15) is 0 Å². The minimum absolute atomic E-state index is 0.382. The molecule has 1 N–H and O–H groups in total. The van der Waals surface area contributed by atoms with Crippen LogP contribution in [0.4, 0.5) is 0 Å². The molecule has 0 saturated heterocycles. The molecule has 1 aromatic heterocycles. The van der Waals surface area contributed by atoms with Crippen molar-refractivity contribution in [3.8, 4) is 0 Å². The van der Waals surface area contributed by atoms with Crippen LogP contribution in [0.25, 0.3) is 0 Å². The molecule has 0 unspecified atom stereocenters. The molecule has 0 aromatic carbocycles. The summed E-state index contributed by atoms with van der Waals surface area (Å²) < 4.78 is 0. The van der Waals surface area contributed by atoms with Crippen molar-refractivity contribution < 1.29 is 0 Å². The van der Waals surface area contributed by atoms with Gasteiger partial charge in [0.1, 0.15) is 0 Å². The Hall–Kier alpha value is -0.930. The number of nitrogens with one attached hydrogen (secondary N) is 1. The van der Waals surface area contributed by atoms with E-state index in [9.17, 15) is 0 Å². The van der Waals surface area contributed by atoms with Gasteiger partial charge in [0.15, 0.2) is 0 Å². The van der Waals surface area contributed by atoms with E-state index in [4.69, 9.17) is 0 Å². The molecule has 0 spiro atoms. The van der Waals surface area contributed by atoms with E-state index in [1.165, 1.54) is 31.2 Å². The van der Waals surface area contributed by atoms with Gasteiger partial charge in [-0.3, -0.25) is 4.98 Å². The number of nitrogens with zero attached hydrogens (tertiary/aromatic N) is 2. The zero-order valence-corrected chi connectivity index (χ0v) is 10.9. The van der Waals surface area contributed by atoms with Crippen LogP contribution < -0.4 is 5.32 Å². The van der Waals surface area contributed by atoms with E-state index in [1.807, 2.05) is 12.4 Å². The second-order valence-electron chi connectivity index (χ2n) is 5.28. The summed E-state index contributed by atoms with van der Waals surface area (Å²) in [5, 5.41) is 3.60. The first-order valence-electron chi connectivity index (χ1n) is 6.50. The fraction of sp³-hybridized carbons (Fsp3) is 0.643. The minimum atomic E-state index is 0.382. The Morgan fingerprint density at radius 3 is 2.47 bits per heavy atom. The molecule has 1 aromatic rings. The van der Waals surface area contributed by atoms with Gasteiger partial charge in [-0.25, -0.2) is 0 Å². The predicted molar refractivity (Wildman–Crippen MR) is 70.8 cm³/mol. The number of aromatic nitrogens is 1. The van der Waals surface area contributed by atoms with E-state index in [-0.39, 0.29) is 0 Å². The zero-order valence-electron chi connectivity index (χ0n) is 10.9. The summed E-state index contributed by atoms with van der Waals surface area (Å²) in [6, 6.07) is 4.15. The number of rotatable bonds is 5. The summed E-state index contributed by atoms with van der Waals surface area (Å²) in [5.41, 5.74) is 1.69. The monoisotopic (exact) mass is 233 g/mol. The van der Waals surface area contributed by atoms with Crippen molar-refractivity contribution >= 4 is 0 Å². The van der Waals surface area contributed by atoms with Crippen molar-refractivity contribution in [3.05, 3.63) is 30.1 Å². The maximum atomic E-state index is 4.04. The molecular weight excluding hydrogens is 210 g/mol. The lowest BCUT2D eigenvalue weighted by atomic mass is 9.96. The molecule has 1 aliphatic rings. The Kier molecular flexibility index (Phi) is 4.13. The quantitative estimate of drug-likeness (QED) is 0.843. The van der Waals surface area contributed by atoms with Crippen molar-refractivity contribution in [2.75, 3.05) is 20.6 Å². The second kappa shape index (κ2) is 5.61. The first-order chi connectivity index (χ1) is 8.23. The molecule has 0 amide bonds. The van der Waals surface area contributed by atoms with Gasteiger partial charge in [0.05, 0.1) is 0 Å². The third-order valence-corrected chi connectivity index (χ3v) is 4.02. The van der Waals surface area contributed by atoms with Gasteiger partial charge in [-0.15, -0.1) is 0 Å². The molecule has 0 aliphatic heterocycles. The molecule has 17 heavy (non-hydrogen) atoms. The Balaban J connectivity index is 1.84. The van der Waals surface area contributed by atoms with Crippen LogP contribution in [0.3, 0.4) is 0 Å². The third-order valence-electron chi connectivity index (χ3n) is 4.02. The fourth-order valence-electron chi connectivity index (χ4n) is 2.76. The Morgan fingerprint density at radius 2 is 1.88 bits per heavy atom. The molecule has 3 heteroatoms. The summed E-state index contributed by atoms with van der Waals surface area (Å²) in [6.45, 7) is 2.03. The van der Waals surface area contributed by atoms with Crippen LogP contribution in [-0.4, -0.2) is 36.1 Å². The number of hydrogen-bond acceptors (Lipinski definition) is 3.